The largest absolute Gasteiger partial charge is 0.420 e. The van der Waals surface area contributed by atoms with Gasteiger partial charge in [0.2, 0.25) is 10.0 Å². The first-order valence-electron chi connectivity index (χ1n) is 10.0. The number of nitrogens with zero attached hydrogens (tertiary/aromatic N) is 2. The molecule has 0 saturated heterocycles. The molecule has 0 fully saturated rings. The van der Waals surface area contributed by atoms with Gasteiger partial charge in [-0.25, -0.2) is 13.2 Å². The van der Waals surface area contributed by atoms with Crippen LogP contribution >= 0.6 is 0 Å². The summed E-state index contributed by atoms with van der Waals surface area (Å²) in [5, 5.41) is 1.95. The smallest absolute Gasteiger partial charge is 0.408 e. The molecule has 0 aliphatic rings. The topological polar surface area (TPSA) is 89.6 Å². The summed E-state index contributed by atoms with van der Waals surface area (Å²) < 4.78 is 33.3. The van der Waals surface area contributed by atoms with E-state index in [-0.39, 0.29) is 22.8 Å². The molecule has 7 nitrogen and oxygen atoms in total. The Morgan fingerprint density at radius 3 is 2.39 bits per heavy atom. The summed E-state index contributed by atoms with van der Waals surface area (Å²) in [5.74, 6) is -0.947. The van der Waals surface area contributed by atoms with E-state index in [1.807, 2.05) is 30.3 Å². The summed E-state index contributed by atoms with van der Waals surface area (Å²) in [6.45, 7) is 3.99. The van der Waals surface area contributed by atoms with Crippen LogP contribution in [-0.2, 0) is 16.6 Å². The summed E-state index contributed by atoms with van der Waals surface area (Å²) in [6, 6.07) is 17.4. The molecule has 8 heteroatoms. The second-order valence-corrected chi connectivity index (χ2v) is 9.10. The number of benzene rings is 3. The monoisotopic (exact) mass is 438 g/mol. The first-order valence-corrected chi connectivity index (χ1v) is 11.4. The standard InChI is InChI=1S/C23H22N2O5S/c1-3-24(4-2)31(28,29)19-11-12-20-22(14-19)30-23(27)25(20)15-21(26)18-10-9-16-7-5-6-8-17(16)13-18/h5-14H,3-4,15H2,1-2H3. The van der Waals surface area contributed by atoms with Gasteiger partial charge in [-0.2, -0.15) is 4.31 Å². The Hall–Kier alpha value is -3.23. The molecule has 0 atom stereocenters. The van der Waals surface area contributed by atoms with Crippen molar-refractivity contribution in [2.24, 2.45) is 0 Å². The number of rotatable bonds is 7. The van der Waals surface area contributed by atoms with Crippen LogP contribution in [0.15, 0.2) is 74.8 Å². The van der Waals surface area contributed by atoms with Crippen molar-refractivity contribution in [3.63, 3.8) is 0 Å². The van der Waals surface area contributed by atoms with Crippen LogP contribution in [0.5, 0.6) is 0 Å². The van der Waals surface area contributed by atoms with Gasteiger partial charge in [0.1, 0.15) is 0 Å². The molecule has 1 aromatic heterocycles. The fraction of sp³-hybridized carbons (Fsp3) is 0.217. The molecule has 0 unspecified atom stereocenters. The zero-order chi connectivity index (χ0) is 22.2. The van der Waals surface area contributed by atoms with E-state index in [0.29, 0.717) is 24.2 Å². The molecule has 4 aromatic rings. The van der Waals surface area contributed by atoms with Crippen LogP contribution in [0.1, 0.15) is 24.2 Å². The Bertz CT molecular complexity index is 1450. The van der Waals surface area contributed by atoms with E-state index in [1.54, 1.807) is 26.0 Å². The lowest BCUT2D eigenvalue weighted by Crippen LogP contribution is -2.30. The van der Waals surface area contributed by atoms with E-state index in [4.69, 9.17) is 4.42 Å². The van der Waals surface area contributed by atoms with Gasteiger partial charge in [0, 0.05) is 24.7 Å². The molecular weight excluding hydrogens is 416 g/mol. The van der Waals surface area contributed by atoms with Crippen molar-refractivity contribution in [2.45, 2.75) is 25.3 Å². The second-order valence-electron chi connectivity index (χ2n) is 7.16. The third kappa shape index (κ3) is 3.80. The zero-order valence-corrected chi connectivity index (χ0v) is 18.1. The van der Waals surface area contributed by atoms with E-state index < -0.39 is 15.8 Å². The maximum atomic E-state index is 12.8. The average molecular weight is 439 g/mol. The van der Waals surface area contributed by atoms with Crippen molar-refractivity contribution < 1.29 is 17.6 Å². The molecule has 160 valence electrons. The van der Waals surface area contributed by atoms with E-state index >= 15 is 0 Å². The van der Waals surface area contributed by atoms with E-state index in [1.165, 1.54) is 27.1 Å². The van der Waals surface area contributed by atoms with Gasteiger partial charge in [0.25, 0.3) is 0 Å². The van der Waals surface area contributed by atoms with Crippen LogP contribution in [0.4, 0.5) is 0 Å². The van der Waals surface area contributed by atoms with Crippen molar-refractivity contribution in [3.05, 3.63) is 76.8 Å². The number of ketones is 1. The lowest BCUT2D eigenvalue weighted by atomic mass is 10.0. The Balaban J connectivity index is 1.69. The van der Waals surface area contributed by atoms with E-state index in [2.05, 4.69) is 0 Å². The molecule has 0 aliphatic heterocycles. The molecule has 1 heterocycles. The number of carbonyl (C=O) groups is 1. The molecule has 0 saturated carbocycles. The van der Waals surface area contributed by atoms with Crippen LogP contribution in [0, 0.1) is 0 Å². The van der Waals surface area contributed by atoms with Crippen molar-refractivity contribution in [1.82, 2.24) is 8.87 Å². The summed E-state index contributed by atoms with van der Waals surface area (Å²) in [4.78, 5) is 25.3. The molecule has 0 spiro atoms. The maximum absolute atomic E-state index is 12.8. The van der Waals surface area contributed by atoms with Gasteiger partial charge >= 0.3 is 5.76 Å². The molecule has 0 aliphatic carbocycles. The van der Waals surface area contributed by atoms with Gasteiger partial charge in [0.15, 0.2) is 11.4 Å². The van der Waals surface area contributed by atoms with E-state index in [0.717, 1.165) is 10.8 Å². The number of oxazole rings is 1. The minimum absolute atomic E-state index is 0.0467. The highest BCUT2D eigenvalue weighted by atomic mass is 32.2. The molecule has 4 rings (SSSR count). The fourth-order valence-electron chi connectivity index (χ4n) is 3.67. The fourth-order valence-corrected chi connectivity index (χ4v) is 5.14. The SMILES string of the molecule is CCN(CC)S(=O)(=O)c1ccc2c(c1)oc(=O)n2CC(=O)c1ccc2ccccc2c1. The van der Waals surface area contributed by atoms with Gasteiger partial charge in [-0.15, -0.1) is 0 Å². The van der Waals surface area contributed by atoms with Crippen molar-refractivity contribution in [1.29, 1.82) is 0 Å². The van der Waals surface area contributed by atoms with Gasteiger partial charge in [-0.1, -0.05) is 50.2 Å². The minimum Gasteiger partial charge on any atom is -0.408 e. The normalized spacial score (nSPS) is 12.1. The first-order chi connectivity index (χ1) is 14.8. The molecule has 0 N–H and O–H groups in total. The minimum atomic E-state index is -3.69. The lowest BCUT2D eigenvalue weighted by molar-refractivity contribution is 0.0970. The Labute approximate surface area is 179 Å². The molecule has 0 bridgehead atoms. The number of hydrogen-bond donors (Lipinski definition) is 0. The number of carbonyl (C=O) groups excluding carboxylic acids is 1. The third-order valence-electron chi connectivity index (χ3n) is 5.36. The zero-order valence-electron chi connectivity index (χ0n) is 17.2. The van der Waals surface area contributed by atoms with Crippen LogP contribution < -0.4 is 5.76 Å². The van der Waals surface area contributed by atoms with Crippen molar-refractivity contribution in [2.75, 3.05) is 13.1 Å². The Kier molecular flexibility index (Phi) is 5.51. The molecule has 0 radical (unpaired) electrons. The van der Waals surface area contributed by atoms with Crippen LogP contribution in [0.2, 0.25) is 0 Å². The van der Waals surface area contributed by atoms with Gasteiger partial charge < -0.3 is 4.42 Å². The highest BCUT2D eigenvalue weighted by Crippen LogP contribution is 2.22. The predicted octanol–water partition coefficient (Wildman–Crippen LogP) is 3.66. The molecule has 0 amide bonds. The van der Waals surface area contributed by atoms with Gasteiger partial charge in [-0.05, 0) is 29.0 Å². The Morgan fingerprint density at radius 1 is 0.968 bits per heavy atom. The first kappa shape index (κ1) is 21.0. The third-order valence-corrected chi connectivity index (χ3v) is 7.40. The maximum Gasteiger partial charge on any atom is 0.420 e. The average Bonchev–Trinajstić information content (AvgIpc) is 3.08. The van der Waals surface area contributed by atoms with Crippen molar-refractivity contribution >= 4 is 37.7 Å². The number of aromatic nitrogens is 1. The van der Waals surface area contributed by atoms with Gasteiger partial charge in [0.05, 0.1) is 17.0 Å². The molecule has 31 heavy (non-hydrogen) atoms. The van der Waals surface area contributed by atoms with E-state index in [9.17, 15) is 18.0 Å². The van der Waals surface area contributed by atoms with Crippen LogP contribution in [0.3, 0.4) is 0 Å². The molecule has 3 aromatic carbocycles. The molecular formula is C23H22N2O5S. The Morgan fingerprint density at radius 2 is 1.68 bits per heavy atom. The van der Waals surface area contributed by atoms with Crippen LogP contribution in [0.25, 0.3) is 21.9 Å². The predicted molar refractivity (Wildman–Crippen MR) is 119 cm³/mol. The number of fused-ring (bicyclic) bond motifs is 2. The number of hydrogen-bond acceptors (Lipinski definition) is 5. The highest BCUT2D eigenvalue weighted by molar-refractivity contribution is 7.89. The van der Waals surface area contributed by atoms with Crippen molar-refractivity contribution in [3.8, 4) is 0 Å². The summed E-state index contributed by atoms with van der Waals surface area (Å²) in [7, 11) is -3.69. The second kappa shape index (κ2) is 8.13. The van der Waals surface area contributed by atoms with Crippen LogP contribution in [-0.4, -0.2) is 36.2 Å². The lowest BCUT2D eigenvalue weighted by Gasteiger charge is -2.18. The number of sulfonamides is 1. The summed E-state index contributed by atoms with van der Waals surface area (Å²) in [6.07, 6.45) is 0. The summed E-state index contributed by atoms with van der Waals surface area (Å²) >= 11 is 0. The highest BCUT2D eigenvalue weighted by Gasteiger charge is 2.23. The summed E-state index contributed by atoms with van der Waals surface area (Å²) in [5.41, 5.74) is 0.989. The quantitative estimate of drug-likeness (QED) is 0.411. The number of Topliss-reactive ketones (excluding diaryl/α,β-unsaturated/α-hetero) is 1. The van der Waals surface area contributed by atoms with Gasteiger partial charge in [-0.3, -0.25) is 9.36 Å².